The fourth-order valence-electron chi connectivity index (χ4n) is 1.46. The second-order valence-electron chi connectivity index (χ2n) is 3.71. The molecule has 0 spiro atoms. The van der Waals surface area contributed by atoms with Gasteiger partial charge in [0.15, 0.2) is 5.76 Å². The SMILES string of the molecule is O=C(NCc1cccc(Br)c1)c1ccc([N+](=O)[O-])o1. The Morgan fingerprint density at radius 2 is 2.16 bits per heavy atom. The number of benzene rings is 1. The lowest BCUT2D eigenvalue weighted by molar-refractivity contribution is -0.402. The van der Waals surface area contributed by atoms with E-state index in [-0.39, 0.29) is 5.76 Å². The van der Waals surface area contributed by atoms with Crippen LogP contribution in [0.1, 0.15) is 16.1 Å². The number of amides is 1. The van der Waals surface area contributed by atoms with Gasteiger partial charge in [0.2, 0.25) is 0 Å². The Morgan fingerprint density at radius 1 is 1.37 bits per heavy atom. The van der Waals surface area contributed by atoms with Gasteiger partial charge in [0.05, 0.1) is 6.07 Å². The summed E-state index contributed by atoms with van der Waals surface area (Å²) in [6.07, 6.45) is 0. The minimum atomic E-state index is -0.689. The molecule has 1 aromatic heterocycles. The third-order valence-electron chi connectivity index (χ3n) is 2.34. The smallest absolute Gasteiger partial charge is 0.395 e. The highest BCUT2D eigenvalue weighted by Gasteiger charge is 2.16. The van der Waals surface area contributed by atoms with E-state index in [1.54, 1.807) is 0 Å². The minimum Gasteiger partial charge on any atom is -0.395 e. The summed E-state index contributed by atoms with van der Waals surface area (Å²) < 4.78 is 5.71. The van der Waals surface area contributed by atoms with Gasteiger partial charge in [-0.15, -0.1) is 0 Å². The van der Waals surface area contributed by atoms with Crippen molar-refractivity contribution in [3.8, 4) is 0 Å². The molecule has 0 radical (unpaired) electrons. The van der Waals surface area contributed by atoms with E-state index < -0.39 is 16.7 Å². The van der Waals surface area contributed by atoms with E-state index in [0.717, 1.165) is 16.1 Å². The third-order valence-corrected chi connectivity index (χ3v) is 2.83. The van der Waals surface area contributed by atoms with E-state index >= 15 is 0 Å². The average molecular weight is 325 g/mol. The maximum atomic E-state index is 11.7. The molecule has 0 saturated heterocycles. The first kappa shape index (κ1) is 13.3. The summed E-state index contributed by atoms with van der Waals surface area (Å²) in [7, 11) is 0. The molecule has 1 N–H and O–H groups in total. The van der Waals surface area contributed by atoms with Crippen LogP contribution in [0.2, 0.25) is 0 Å². The molecule has 0 atom stereocenters. The standard InChI is InChI=1S/C12H9BrN2O4/c13-9-3-1-2-8(6-9)7-14-12(16)10-4-5-11(19-10)15(17)18/h1-6H,7H2,(H,14,16). The maximum Gasteiger partial charge on any atom is 0.433 e. The van der Waals surface area contributed by atoms with Gasteiger partial charge in [-0.3, -0.25) is 14.9 Å². The van der Waals surface area contributed by atoms with E-state index in [4.69, 9.17) is 4.42 Å². The van der Waals surface area contributed by atoms with E-state index in [0.29, 0.717) is 6.54 Å². The lowest BCUT2D eigenvalue weighted by Gasteiger charge is -2.03. The number of hydrogen-bond donors (Lipinski definition) is 1. The van der Waals surface area contributed by atoms with Crippen LogP contribution in [-0.2, 0) is 6.54 Å². The number of nitrogens with one attached hydrogen (secondary N) is 1. The van der Waals surface area contributed by atoms with Crippen molar-refractivity contribution in [3.63, 3.8) is 0 Å². The first-order valence-corrected chi connectivity index (χ1v) is 6.12. The van der Waals surface area contributed by atoms with Gasteiger partial charge < -0.3 is 9.73 Å². The zero-order chi connectivity index (χ0) is 13.8. The zero-order valence-electron chi connectivity index (χ0n) is 9.63. The Hall–Kier alpha value is -2.15. The summed E-state index contributed by atoms with van der Waals surface area (Å²) in [5.41, 5.74) is 0.906. The quantitative estimate of drug-likeness (QED) is 0.692. The number of nitrogens with zero attached hydrogens (tertiary/aromatic N) is 1. The Kier molecular flexibility index (Phi) is 3.96. The van der Waals surface area contributed by atoms with Crippen LogP contribution in [0, 0.1) is 10.1 Å². The zero-order valence-corrected chi connectivity index (χ0v) is 11.2. The molecule has 7 heteroatoms. The second kappa shape index (κ2) is 5.66. The highest BCUT2D eigenvalue weighted by atomic mass is 79.9. The fourth-order valence-corrected chi connectivity index (χ4v) is 1.91. The number of furan rings is 1. The second-order valence-corrected chi connectivity index (χ2v) is 4.62. The van der Waals surface area contributed by atoms with Gasteiger partial charge >= 0.3 is 5.88 Å². The van der Waals surface area contributed by atoms with Crippen molar-refractivity contribution >= 4 is 27.7 Å². The highest BCUT2D eigenvalue weighted by Crippen LogP contribution is 2.16. The van der Waals surface area contributed by atoms with Crippen LogP contribution in [0.3, 0.4) is 0 Å². The molecule has 0 aliphatic heterocycles. The van der Waals surface area contributed by atoms with Gasteiger partial charge in [-0.1, -0.05) is 28.1 Å². The van der Waals surface area contributed by atoms with E-state index in [1.807, 2.05) is 24.3 Å². The number of rotatable bonds is 4. The molecule has 98 valence electrons. The van der Waals surface area contributed by atoms with Crippen molar-refractivity contribution in [2.45, 2.75) is 6.54 Å². The van der Waals surface area contributed by atoms with Crippen molar-refractivity contribution in [1.82, 2.24) is 5.32 Å². The maximum absolute atomic E-state index is 11.7. The largest absolute Gasteiger partial charge is 0.433 e. The molecule has 1 aromatic carbocycles. The molecule has 2 aromatic rings. The molecular weight excluding hydrogens is 316 g/mol. The van der Waals surface area contributed by atoms with Crippen LogP contribution in [0.4, 0.5) is 5.88 Å². The van der Waals surface area contributed by atoms with Gasteiger partial charge in [0.25, 0.3) is 5.91 Å². The Morgan fingerprint density at radius 3 is 2.79 bits per heavy atom. The molecule has 1 amide bonds. The monoisotopic (exact) mass is 324 g/mol. The molecule has 0 aliphatic rings. The summed E-state index contributed by atoms with van der Waals surface area (Å²) in [6.45, 7) is 0.312. The van der Waals surface area contributed by atoms with Crippen LogP contribution < -0.4 is 5.32 Å². The summed E-state index contributed by atoms with van der Waals surface area (Å²) >= 11 is 3.33. The van der Waals surface area contributed by atoms with Gasteiger partial charge in [0, 0.05) is 11.0 Å². The van der Waals surface area contributed by atoms with Crippen LogP contribution in [0.25, 0.3) is 0 Å². The van der Waals surface area contributed by atoms with Crippen LogP contribution >= 0.6 is 15.9 Å². The number of nitro groups is 1. The molecule has 0 fully saturated rings. The van der Waals surface area contributed by atoms with Crippen molar-refractivity contribution in [1.29, 1.82) is 0 Å². The molecular formula is C12H9BrN2O4. The van der Waals surface area contributed by atoms with Crippen LogP contribution in [-0.4, -0.2) is 10.8 Å². The summed E-state index contributed by atoms with van der Waals surface area (Å²) in [6, 6.07) is 9.87. The summed E-state index contributed by atoms with van der Waals surface area (Å²) in [5.74, 6) is -1.03. The Balaban J connectivity index is 1.99. The molecule has 1 heterocycles. The Bertz CT molecular complexity index is 624. The fraction of sp³-hybridized carbons (Fsp3) is 0.0833. The predicted octanol–water partition coefficient (Wildman–Crippen LogP) is 2.88. The predicted molar refractivity (Wildman–Crippen MR) is 70.7 cm³/mol. The highest BCUT2D eigenvalue weighted by molar-refractivity contribution is 9.10. The van der Waals surface area contributed by atoms with Gasteiger partial charge in [-0.2, -0.15) is 0 Å². The topological polar surface area (TPSA) is 85.4 Å². The summed E-state index contributed by atoms with van der Waals surface area (Å²) in [4.78, 5) is 21.4. The van der Waals surface area contributed by atoms with Gasteiger partial charge in [-0.05, 0) is 23.8 Å². The van der Waals surface area contributed by atoms with Crippen molar-refractivity contribution < 1.29 is 14.1 Å². The van der Waals surface area contributed by atoms with Gasteiger partial charge in [-0.25, -0.2) is 0 Å². The lowest BCUT2D eigenvalue weighted by Crippen LogP contribution is -2.22. The number of carbonyl (C=O) groups is 1. The minimum absolute atomic E-state index is 0.0818. The van der Waals surface area contributed by atoms with E-state index in [9.17, 15) is 14.9 Å². The molecule has 19 heavy (non-hydrogen) atoms. The summed E-state index contributed by atoms with van der Waals surface area (Å²) in [5, 5.41) is 13.0. The normalized spacial score (nSPS) is 10.2. The first-order chi connectivity index (χ1) is 9.06. The first-order valence-electron chi connectivity index (χ1n) is 5.33. The van der Waals surface area contributed by atoms with E-state index in [2.05, 4.69) is 21.2 Å². The van der Waals surface area contributed by atoms with E-state index in [1.165, 1.54) is 6.07 Å². The van der Waals surface area contributed by atoms with Crippen molar-refractivity contribution in [2.75, 3.05) is 0 Å². The molecule has 0 aliphatic carbocycles. The molecule has 2 rings (SSSR count). The van der Waals surface area contributed by atoms with Gasteiger partial charge in [0.1, 0.15) is 4.92 Å². The Labute approximate surface area is 116 Å². The molecule has 0 saturated carbocycles. The number of halogens is 1. The molecule has 0 unspecified atom stereocenters. The lowest BCUT2D eigenvalue weighted by atomic mass is 10.2. The van der Waals surface area contributed by atoms with Crippen LogP contribution in [0.15, 0.2) is 45.3 Å². The molecule has 0 bridgehead atoms. The number of carbonyl (C=O) groups excluding carboxylic acids is 1. The third kappa shape index (κ3) is 3.41. The number of hydrogen-bond acceptors (Lipinski definition) is 4. The van der Waals surface area contributed by atoms with Crippen molar-refractivity contribution in [3.05, 3.63) is 62.3 Å². The van der Waals surface area contributed by atoms with Crippen molar-refractivity contribution in [2.24, 2.45) is 0 Å². The average Bonchev–Trinajstić information content (AvgIpc) is 2.86. The molecule has 6 nitrogen and oxygen atoms in total. The van der Waals surface area contributed by atoms with Crippen LogP contribution in [0.5, 0.6) is 0 Å².